The summed E-state index contributed by atoms with van der Waals surface area (Å²) < 4.78 is 10.6. The van der Waals surface area contributed by atoms with Crippen LogP contribution < -0.4 is 10.5 Å². The van der Waals surface area contributed by atoms with Crippen molar-refractivity contribution in [3.63, 3.8) is 0 Å². The first-order chi connectivity index (χ1) is 11.6. The molecule has 0 spiro atoms. The lowest BCUT2D eigenvalue weighted by Crippen LogP contribution is -2.08. The van der Waals surface area contributed by atoms with Crippen molar-refractivity contribution in [2.24, 2.45) is 0 Å². The van der Waals surface area contributed by atoms with Crippen molar-refractivity contribution in [2.45, 2.75) is 19.8 Å². The van der Waals surface area contributed by atoms with Gasteiger partial charge in [0.15, 0.2) is 0 Å². The number of carbonyl (C=O) groups is 2. The largest absolute Gasteiger partial charge is 0.423 e. The van der Waals surface area contributed by atoms with E-state index in [1.165, 1.54) is 0 Å². The lowest BCUT2D eigenvalue weighted by Gasteiger charge is -2.06. The van der Waals surface area contributed by atoms with E-state index in [0.29, 0.717) is 33.9 Å². The molecule has 0 bridgehead atoms. The molecule has 122 valence electrons. The van der Waals surface area contributed by atoms with E-state index in [1.54, 1.807) is 42.5 Å². The van der Waals surface area contributed by atoms with E-state index in [0.717, 1.165) is 12.8 Å². The van der Waals surface area contributed by atoms with Crippen LogP contribution in [0.2, 0.25) is 0 Å². The molecule has 0 radical (unpaired) electrons. The molecule has 1 heterocycles. The van der Waals surface area contributed by atoms with Crippen LogP contribution in [-0.4, -0.2) is 11.9 Å². The summed E-state index contributed by atoms with van der Waals surface area (Å²) in [6, 6.07) is 11.3. The third-order valence-corrected chi connectivity index (χ3v) is 3.65. The van der Waals surface area contributed by atoms with E-state index < -0.39 is 5.97 Å². The number of nitrogens with two attached hydrogens (primary N) is 1. The Morgan fingerprint density at radius 3 is 2.62 bits per heavy atom. The first kappa shape index (κ1) is 15.8. The number of allylic oxidation sites excluding steroid dienone is 1. The normalized spacial score (nSPS) is 14.4. The average molecular weight is 323 g/mol. The van der Waals surface area contributed by atoms with Crippen molar-refractivity contribution < 1.29 is 19.1 Å². The Bertz CT molecular complexity index is 822. The summed E-state index contributed by atoms with van der Waals surface area (Å²) in [6.45, 7) is 2.04. The Morgan fingerprint density at radius 2 is 1.92 bits per heavy atom. The second-order valence-corrected chi connectivity index (χ2v) is 5.47. The molecule has 5 heteroatoms. The van der Waals surface area contributed by atoms with Crippen LogP contribution in [0, 0.1) is 0 Å². The first-order valence-corrected chi connectivity index (χ1v) is 7.73. The summed E-state index contributed by atoms with van der Waals surface area (Å²) >= 11 is 0. The predicted octanol–water partition coefficient (Wildman–Crippen LogP) is 3.80. The molecule has 0 saturated carbocycles. The van der Waals surface area contributed by atoms with Gasteiger partial charge in [0.1, 0.15) is 11.5 Å². The first-order valence-electron chi connectivity index (χ1n) is 7.73. The van der Waals surface area contributed by atoms with Gasteiger partial charge in [-0.1, -0.05) is 13.3 Å². The lowest BCUT2D eigenvalue weighted by atomic mass is 10.1. The molecule has 0 atom stereocenters. The van der Waals surface area contributed by atoms with Crippen LogP contribution >= 0.6 is 0 Å². The molecule has 0 amide bonds. The lowest BCUT2D eigenvalue weighted by molar-refractivity contribution is 0.0712. The molecule has 0 aromatic heterocycles. The number of rotatable bonds is 4. The van der Waals surface area contributed by atoms with Gasteiger partial charge in [0.05, 0.1) is 11.1 Å². The summed E-state index contributed by atoms with van der Waals surface area (Å²) in [4.78, 5) is 24.0. The van der Waals surface area contributed by atoms with Crippen molar-refractivity contribution in [2.75, 3.05) is 5.73 Å². The molecular formula is C19H17NO4. The molecular weight excluding hydrogens is 306 g/mol. The van der Waals surface area contributed by atoms with Gasteiger partial charge < -0.3 is 15.2 Å². The number of fused-ring (bicyclic) bond motifs is 1. The number of unbranched alkanes of at least 4 members (excludes halogenated alkanes) is 1. The van der Waals surface area contributed by atoms with Gasteiger partial charge in [0.25, 0.3) is 0 Å². The summed E-state index contributed by atoms with van der Waals surface area (Å²) in [5.41, 5.74) is 7.71. The van der Waals surface area contributed by atoms with Crippen LogP contribution in [-0.2, 0) is 4.74 Å². The van der Waals surface area contributed by atoms with Crippen molar-refractivity contribution in [1.82, 2.24) is 0 Å². The van der Waals surface area contributed by atoms with Crippen LogP contribution in [0.3, 0.4) is 0 Å². The van der Waals surface area contributed by atoms with Gasteiger partial charge >= 0.3 is 11.9 Å². The van der Waals surface area contributed by atoms with E-state index in [4.69, 9.17) is 15.2 Å². The molecule has 5 nitrogen and oxygen atoms in total. The van der Waals surface area contributed by atoms with Gasteiger partial charge in [-0.2, -0.15) is 0 Å². The third kappa shape index (κ3) is 3.15. The smallest absolute Gasteiger partial charge is 0.344 e. The topological polar surface area (TPSA) is 78.6 Å². The fourth-order valence-corrected chi connectivity index (χ4v) is 2.39. The highest BCUT2D eigenvalue weighted by molar-refractivity contribution is 6.03. The summed E-state index contributed by atoms with van der Waals surface area (Å²) in [6.07, 6.45) is 3.62. The summed E-state index contributed by atoms with van der Waals surface area (Å²) in [7, 11) is 0. The Kier molecular flexibility index (Phi) is 4.33. The summed E-state index contributed by atoms with van der Waals surface area (Å²) in [5, 5.41) is 0. The predicted molar refractivity (Wildman–Crippen MR) is 90.6 cm³/mol. The van der Waals surface area contributed by atoms with Crippen LogP contribution in [0.4, 0.5) is 5.69 Å². The minimum absolute atomic E-state index is 0.358. The van der Waals surface area contributed by atoms with E-state index in [-0.39, 0.29) is 5.97 Å². The van der Waals surface area contributed by atoms with Gasteiger partial charge in [-0.05, 0) is 55.0 Å². The zero-order chi connectivity index (χ0) is 17.1. The van der Waals surface area contributed by atoms with Crippen LogP contribution in [0.15, 0.2) is 48.5 Å². The maximum atomic E-state index is 12.2. The standard InChI is InChI=1S/C19H17NO4/c1-2-3-4-17-16-11-14(9-10-15(16)19(22)24-17)23-18(21)12-5-7-13(20)8-6-12/h4-11H,2-3,20H2,1H3/b17-4-. The number of hydrogen-bond donors (Lipinski definition) is 1. The Morgan fingerprint density at radius 1 is 1.17 bits per heavy atom. The fraction of sp³-hybridized carbons (Fsp3) is 0.158. The minimum Gasteiger partial charge on any atom is -0.423 e. The summed E-state index contributed by atoms with van der Waals surface area (Å²) in [5.74, 6) is 0.00144. The van der Waals surface area contributed by atoms with E-state index >= 15 is 0 Å². The molecule has 1 aliphatic rings. The maximum absolute atomic E-state index is 12.2. The Hall–Kier alpha value is -3.08. The molecule has 0 fully saturated rings. The van der Waals surface area contributed by atoms with Crippen molar-refractivity contribution in [1.29, 1.82) is 0 Å². The van der Waals surface area contributed by atoms with Crippen LogP contribution in [0.5, 0.6) is 5.75 Å². The van der Waals surface area contributed by atoms with Gasteiger partial charge in [0, 0.05) is 11.3 Å². The van der Waals surface area contributed by atoms with Gasteiger partial charge in [-0.15, -0.1) is 0 Å². The van der Waals surface area contributed by atoms with E-state index in [1.807, 2.05) is 13.0 Å². The van der Waals surface area contributed by atoms with Crippen LogP contribution in [0.1, 0.15) is 46.0 Å². The maximum Gasteiger partial charge on any atom is 0.344 e. The van der Waals surface area contributed by atoms with E-state index in [2.05, 4.69) is 0 Å². The van der Waals surface area contributed by atoms with Gasteiger partial charge in [-0.25, -0.2) is 9.59 Å². The second-order valence-electron chi connectivity index (χ2n) is 5.47. The monoisotopic (exact) mass is 323 g/mol. The highest BCUT2D eigenvalue weighted by Crippen LogP contribution is 2.33. The quantitative estimate of drug-likeness (QED) is 0.526. The zero-order valence-electron chi connectivity index (χ0n) is 13.2. The van der Waals surface area contributed by atoms with Gasteiger partial charge in [0.2, 0.25) is 0 Å². The molecule has 0 unspecified atom stereocenters. The molecule has 24 heavy (non-hydrogen) atoms. The molecule has 0 aliphatic carbocycles. The SMILES string of the molecule is CCC/C=C1\OC(=O)c2ccc(OC(=O)c3ccc(N)cc3)cc21. The number of nitrogen functional groups attached to an aromatic ring is 1. The average Bonchev–Trinajstić information content (AvgIpc) is 2.89. The molecule has 0 saturated heterocycles. The van der Waals surface area contributed by atoms with Crippen molar-refractivity contribution >= 4 is 23.4 Å². The fourth-order valence-electron chi connectivity index (χ4n) is 2.39. The highest BCUT2D eigenvalue weighted by Gasteiger charge is 2.27. The number of hydrogen-bond acceptors (Lipinski definition) is 5. The third-order valence-electron chi connectivity index (χ3n) is 3.65. The van der Waals surface area contributed by atoms with Crippen LogP contribution in [0.25, 0.3) is 5.76 Å². The number of anilines is 1. The second kappa shape index (κ2) is 6.58. The molecule has 2 N–H and O–H groups in total. The van der Waals surface area contributed by atoms with E-state index in [9.17, 15) is 9.59 Å². The Balaban J connectivity index is 1.84. The molecule has 2 aromatic carbocycles. The molecule has 2 aromatic rings. The number of esters is 2. The minimum atomic E-state index is -0.487. The Labute approximate surface area is 139 Å². The highest BCUT2D eigenvalue weighted by atomic mass is 16.5. The van der Waals surface area contributed by atoms with Gasteiger partial charge in [-0.3, -0.25) is 0 Å². The number of ether oxygens (including phenoxy) is 2. The number of cyclic esters (lactones) is 1. The number of carbonyl (C=O) groups excluding carboxylic acids is 2. The molecule has 3 rings (SSSR count). The number of benzene rings is 2. The van der Waals surface area contributed by atoms with Crippen molar-refractivity contribution in [3.8, 4) is 5.75 Å². The molecule has 1 aliphatic heterocycles. The van der Waals surface area contributed by atoms with Crippen molar-refractivity contribution in [3.05, 3.63) is 65.2 Å². The zero-order valence-corrected chi connectivity index (χ0v) is 13.2.